The minimum Gasteiger partial charge on any atom is -0.508 e. The second-order valence-corrected chi connectivity index (χ2v) is 8.97. The summed E-state index contributed by atoms with van der Waals surface area (Å²) >= 11 is 0. The van der Waals surface area contributed by atoms with E-state index in [1.54, 1.807) is 55.5 Å². The van der Waals surface area contributed by atoms with Crippen molar-refractivity contribution < 1.29 is 38.8 Å². The van der Waals surface area contributed by atoms with Gasteiger partial charge in [0.15, 0.2) is 0 Å². The molecule has 9 heteroatoms. The Morgan fingerprint density at radius 3 is 2.33 bits per heavy atom. The van der Waals surface area contributed by atoms with Gasteiger partial charge in [-0.3, -0.25) is 14.5 Å². The van der Waals surface area contributed by atoms with Crippen molar-refractivity contribution in [2.45, 2.75) is 33.2 Å². The molecular formula is C31H31NO8. The number of aliphatic hydroxyl groups excluding tert-OH is 1. The van der Waals surface area contributed by atoms with Crippen LogP contribution in [0.15, 0.2) is 72.3 Å². The molecule has 3 aromatic carbocycles. The largest absolute Gasteiger partial charge is 0.508 e. The number of esters is 1. The van der Waals surface area contributed by atoms with Crippen molar-refractivity contribution in [3.05, 3.63) is 89.0 Å². The quantitative estimate of drug-likeness (QED) is 0.151. The number of phenols is 1. The van der Waals surface area contributed by atoms with Gasteiger partial charge in [-0.15, -0.1) is 0 Å². The number of hydrogen-bond donors (Lipinski definition) is 2. The van der Waals surface area contributed by atoms with Crippen LogP contribution in [0.25, 0.3) is 5.76 Å². The predicted octanol–water partition coefficient (Wildman–Crippen LogP) is 5.38. The van der Waals surface area contributed by atoms with Crippen LogP contribution in [0, 0.1) is 0 Å². The Kier molecular flexibility index (Phi) is 8.73. The number of amides is 1. The second-order valence-electron chi connectivity index (χ2n) is 8.97. The number of anilines is 1. The molecule has 0 spiro atoms. The van der Waals surface area contributed by atoms with Gasteiger partial charge in [-0.2, -0.15) is 0 Å². The van der Waals surface area contributed by atoms with E-state index in [1.165, 1.54) is 23.1 Å². The lowest BCUT2D eigenvalue weighted by Crippen LogP contribution is -2.29. The number of aromatic hydroxyl groups is 1. The first kappa shape index (κ1) is 28.2. The zero-order valence-electron chi connectivity index (χ0n) is 22.5. The molecular weight excluding hydrogens is 514 g/mol. The molecule has 1 amide bonds. The first-order valence-corrected chi connectivity index (χ1v) is 13.1. The van der Waals surface area contributed by atoms with Crippen molar-refractivity contribution in [3.63, 3.8) is 0 Å². The summed E-state index contributed by atoms with van der Waals surface area (Å²) in [6.45, 7) is 6.45. The summed E-state index contributed by atoms with van der Waals surface area (Å²) in [7, 11) is 0. The van der Waals surface area contributed by atoms with Crippen molar-refractivity contribution in [2.24, 2.45) is 0 Å². The lowest BCUT2D eigenvalue weighted by molar-refractivity contribution is -0.132. The monoisotopic (exact) mass is 545 g/mol. The van der Waals surface area contributed by atoms with Crippen LogP contribution >= 0.6 is 0 Å². The average molecular weight is 546 g/mol. The number of aliphatic hydroxyl groups is 1. The molecule has 0 aromatic heterocycles. The van der Waals surface area contributed by atoms with Crippen molar-refractivity contribution in [1.82, 2.24) is 0 Å². The van der Waals surface area contributed by atoms with Gasteiger partial charge in [-0.1, -0.05) is 25.1 Å². The summed E-state index contributed by atoms with van der Waals surface area (Å²) in [5.74, 6) is -1.99. The lowest BCUT2D eigenvalue weighted by Gasteiger charge is -2.26. The molecule has 0 bridgehead atoms. The number of hydrogen-bond acceptors (Lipinski definition) is 8. The van der Waals surface area contributed by atoms with E-state index in [1.807, 2.05) is 13.8 Å². The maximum absolute atomic E-state index is 13.5. The van der Waals surface area contributed by atoms with Crippen LogP contribution in [-0.4, -0.2) is 47.7 Å². The smallest absolute Gasteiger partial charge is 0.338 e. The van der Waals surface area contributed by atoms with E-state index in [-0.39, 0.29) is 47.1 Å². The summed E-state index contributed by atoms with van der Waals surface area (Å²) < 4.78 is 16.5. The van der Waals surface area contributed by atoms with Crippen molar-refractivity contribution >= 4 is 29.1 Å². The number of phenolic OH excluding ortho intramolecular Hbond substituents is 1. The van der Waals surface area contributed by atoms with Gasteiger partial charge in [0.1, 0.15) is 23.0 Å². The maximum Gasteiger partial charge on any atom is 0.338 e. The third-order valence-electron chi connectivity index (χ3n) is 6.27. The Balaban J connectivity index is 1.90. The third-order valence-corrected chi connectivity index (χ3v) is 6.27. The zero-order chi connectivity index (χ0) is 28.8. The summed E-state index contributed by atoms with van der Waals surface area (Å²) in [5, 5.41) is 21.4. The lowest BCUT2D eigenvalue weighted by atomic mass is 9.94. The molecule has 1 atom stereocenters. The molecule has 208 valence electrons. The van der Waals surface area contributed by atoms with Gasteiger partial charge in [0, 0.05) is 11.8 Å². The summed E-state index contributed by atoms with van der Waals surface area (Å²) in [5.41, 5.74) is 0.981. The Bertz CT molecular complexity index is 1440. The summed E-state index contributed by atoms with van der Waals surface area (Å²) in [6.07, 6.45) is 0.649. The number of Topliss-reactive ketones (excluding diaryl/α,β-unsaturated/α-hetero) is 1. The van der Waals surface area contributed by atoms with Crippen LogP contribution in [0.2, 0.25) is 0 Å². The van der Waals surface area contributed by atoms with E-state index in [2.05, 4.69) is 0 Å². The Morgan fingerprint density at radius 2 is 1.65 bits per heavy atom. The number of carbonyl (C=O) groups is 3. The highest BCUT2D eigenvalue weighted by Gasteiger charge is 2.47. The van der Waals surface area contributed by atoms with Gasteiger partial charge in [0.2, 0.25) is 0 Å². The molecule has 2 N–H and O–H groups in total. The minimum absolute atomic E-state index is 0.00786. The zero-order valence-corrected chi connectivity index (χ0v) is 22.5. The number of benzene rings is 3. The van der Waals surface area contributed by atoms with Gasteiger partial charge in [0.25, 0.3) is 11.7 Å². The molecule has 0 aliphatic carbocycles. The highest BCUT2D eigenvalue weighted by atomic mass is 16.5. The number of ketones is 1. The van der Waals surface area contributed by atoms with E-state index in [0.717, 1.165) is 0 Å². The fraction of sp³-hybridized carbons (Fsp3) is 0.258. The highest BCUT2D eigenvalue weighted by Crippen LogP contribution is 2.44. The third kappa shape index (κ3) is 5.63. The minimum atomic E-state index is -1.07. The molecule has 1 heterocycles. The van der Waals surface area contributed by atoms with Crippen LogP contribution in [0.4, 0.5) is 5.69 Å². The molecule has 9 nitrogen and oxygen atoms in total. The molecule has 40 heavy (non-hydrogen) atoms. The topological polar surface area (TPSA) is 123 Å². The summed E-state index contributed by atoms with van der Waals surface area (Å²) in [6, 6.07) is 15.9. The van der Waals surface area contributed by atoms with Gasteiger partial charge < -0.3 is 24.4 Å². The molecule has 0 saturated carbocycles. The van der Waals surface area contributed by atoms with E-state index < -0.39 is 29.5 Å². The van der Waals surface area contributed by atoms with Gasteiger partial charge in [0.05, 0.1) is 42.6 Å². The van der Waals surface area contributed by atoms with E-state index in [4.69, 9.17) is 14.2 Å². The number of nitrogens with zero attached hydrogens (tertiary/aromatic N) is 1. The molecule has 0 radical (unpaired) electrons. The first-order chi connectivity index (χ1) is 19.3. The average Bonchev–Trinajstić information content (AvgIpc) is 3.22. The molecule has 1 unspecified atom stereocenters. The van der Waals surface area contributed by atoms with Crippen LogP contribution in [0.3, 0.4) is 0 Å². The van der Waals surface area contributed by atoms with Crippen molar-refractivity contribution in [1.29, 1.82) is 0 Å². The van der Waals surface area contributed by atoms with Gasteiger partial charge >= 0.3 is 5.97 Å². The SMILES string of the molecule is CCCOC(=O)c1cccc(N2C(=O)C(=O)/C(=C(\O)c3ccc(OCC)cc3OCC)C2c2ccc(O)cc2)c1. The Labute approximate surface area is 232 Å². The molecule has 1 fully saturated rings. The predicted molar refractivity (Wildman–Crippen MR) is 149 cm³/mol. The maximum atomic E-state index is 13.5. The molecule has 4 rings (SSSR count). The molecule has 1 saturated heterocycles. The van der Waals surface area contributed by atoms with Gasteiger partial charge in [-0.25, -0.2) is 4.79 Å². The van der Waals surface area contributed by atoms with E-state index >= 15 is 0 Å². The van der Waals surface area contributed by atoms with Crippen LogP contribution in [-0.2, 0) is 14.3 Å². The second kappa shape index (κ2) is 12.4. The summed E-state index contributed by atoms with van der Waals surface area (Å²) in [4.78, 5) is 40.8. The van der Waals surface area contributed by atoms with Crippen LogP contribution in [0.1, 0.15) is 54.7 Å². The Hall–Kier alpha value is -4.79. The molecule has 1 aliphatic heterocycles. The molecule has 1 aliphatic rings. The standard InChI is InChI=1S/C31H31NO8/c1-4-16-40-31(37)20-8-7-9-21(17-20)32-27(19-10-12-22(33)13-11-19)26(29(35)30(32)36)28(34)24-15-14-23(38-5-2)18-25(24)39-6-3/h7-15,17-18,27,33-34H,4-6,16H2,1-3H3/b28-26-. The first-order valence-electron chi connectivity index (χ1n) is 13.1. The molecule has 3 aromatic rings. The van der Waals surface area contributed by atoms with Crippen LogP contribution < -0.4 is 14.4 Å². The fourth-order valence-electron chi connectivity index (χ4n) is 4.51. The fourth-order valence-corrected chi connectivity index (χ4v) is 4.51. The number of ether oxygens (including phenoxy) is 3. The van der Waals surface area contributed by atoms with Gasteiger partial charge in [-0.05, 0) is 68.3 Å². The van der Waals surface area contributed by atoms with Crippen molar-refractivity contribution in [2.75, 3.05) is 24.7 Å². The van der Waals surface area contributed by atoms with Crippen molar-refractivity contribution in [3.8, 4) is 17.2 Å². The normalized spacial score (nSPS) is 16.2. The van der Waals surface area contributed by atoms with E-state index in [9.17, 15) is 24.6 Å². The Morgan fingerprint density at radius 1 is 0.925 bits per heavy atom. The highest BCUT2D eigenvalue weighted by molar-refractivity contribution is 6.51. The number of rotatable bonds is 10. The van der Waals surface area contributed by atoms with E-state index in [0.29, 0.717) is 24.3 Å². The number of carbonyl (C=O) groups excluding carboxylic acids is 3. The van der Waals surface area contributed by atoms with Crippen LogP contribution in [0.5, 0.6) is 17.2 Å².